The Bertz CT molecular complexity index is 557. The minimum absolute atomic E-state index is 0.268. The first-order chi connectivity index (χ1) is 8.63. The molecule has 0 spiro atoms. The number of nitrogens with zero attached hydrogens (tertiary/aromatic N) is 1. The predicted octanol–water partition coefficient (Wildman–Crippen LogP) is 3.18. The molecular weight excluding hydrogens is 231 g/mol. The van der Waals surface area contributed by atoms with E-state index in [1.54, 1.807) is 49.4 Å². The van der Waals surface area contributed by atoms with Gasteiger partial charge in [-0.1, -0.05) is 12.1 Å². The lowest BCUT2D eigenvalue weighted by molar-refractivity contribution is 0.417. The largest absolute Gasteiger partial charge is 0.495 e. The molecule has 18 heavy (non-hydrogen) atoms. The fourth-order valence-electron chi connectivity index (χ4n) is 1.77. The average Bonchev–Trinajstić information content (AvgIpc) is 2.39. The number of benzene rings is 2. The van der Waals surface area contributed by atoms with Crippen LogP contribution in [-0.4, -0.2) is 14.2 Å². The second-order valence-corrected chi connectivity index (χ2v) is 3.94. The van der Waals surface area contributed by atoms with Gasteiger partial charge in [-0.25, -0.2) is 4.39 Å². The standard InChI is InChI=1S/C14H15FN2O/c1-17(13-6-4-3-5-11(13)15)10-7-8-12(16)14(9-10)18-2/h3-9H,16H2,1-2H3. The topological polar surface area (TPSA) is 38.5 Å². The number of anilines is 3. The number of hydrogen-bond donors (Lipinski definition) is 1. The van der Waals surface area contributed by atoms with Crippen LogP contribution in [0, 0.1) is 5.82 Å². The van der Waals surface area contributed by atoms with Crippen LogP contribution in [0.15, 0.2) is 42.5 Å². The number of ether oxygens (including phenoxy) is 1. The Labute approximate surface area is 106 Å². The van der Waals surface area contributed by atoms with Crippen LogP contribution in [0.4, 0.5) is 21.5 Å². The van der Waals surface area contributed by atoms with Crippen molar-refractivity contribution in [3.8, 4) is 5.75 Å². The molecule has 0 radical (unpaired) electrons. The van der Waals surface area contributed by atoms with Crippen molar-refractivity contribution in [1.82, 2.24) is 0 Å². The number of rotatable bonds is 3. The molecular formula is C14H15FN2O. The highest BCUT2D eigenvalue weighted by molar-refractivity contribution is 5.68. The molecule has 2 aromatic rings. The van der Waals surface area contributed by atoms with Gasteiger partial charge in [0.2, 0.25) is 0 Å². The fraction of sp³-hybridized carbons (Fsp3) is 0.143. The zero-order valence-corrected chi connectivity index (χ0v) is 10.4. The molecule has 94 valence electrons. The molecule has 2 rings (SSSR count). The maximum Gasteiger partial charge on any atom is 0.146 e. The summed E-state index contributed by atoms with van der Waals surface area (Å²) in [7, 11) is 3.35. The van der Waals surface area contributed by atoms with Crippen molar-refractivity contribution in [2.24, 2.45) is 0 Å². The molecule has 0 aromatic heterocycles. The highest BCUT2D eigenvalue weighted by atomic mass is 19.1. The van der Waals surface area contributed by atoms with Crippen LogP contribution in [0.5, 0.6) is 5.75 Å². The summed E-state index contributed by atoms with van der Waals surface area (Å²) in [5, 5.41) is 0. The summed E-state index contributed by atoms with van der Waals surface area (Å²) in [5.74, 6) is 0.312. The summed E-state index contributed by atoms with van der Waals surface area (Å²) in [5.41, 5.74) is 7.62. The Morgan fingerprint density at radius 1 is 1.17 bits per heavy atom. The Balaban J connectivity index is 2.40. The molecule has 0 saturated carbocycles. The van der Waals surface area contributed by atoms with E-state index in [-0.39, 0.29) is 5.82 Å². The first-order valence-electron chi connectivity index (χ1n) is 5.55. The summed E-state index contributed by atoms with van der Waals surface area (Å²) in [6, 6.07) is 12.0. The van der Waals surface area contributed by atoms with Crippen LogP contribution < -0.4 is 15.4 Å². The molecule has 0 amide bonds. The van der Waals surface area contributed by atoms with Gasteiger partial charge in [-0.3, -0.25) is 0 Å². The van der Waals surface area contributed by atoms with E-state index in [9.17, 15) is 4.39 Å². The molecule has 0 aliphatic rings. The zero-order valence-electron chi connectivity index (χ0n) is 10.4. The summed E-state index contributed by atoms with van der Waals surface area (Å²) < 4.78 is 18.8. The van der Waals surface area contributed by atoms with Crippen molar-refractivity contribution in [2.45, 2.75) is 0 Å². The maximum atomic E-state index is 13.7. The van der Waals surface area contributed by atoms with E-state index in [2.05, 4.69) is 0 Å². The highest BCUT2D eigenvalue weighted by Crippen LogP contribution is 2.31. The molecule has 0 aliphatic heterocycles. The van der Waals surface area contributed by atoms with Crippen LogP contribution in [0.2, 0.25) is 0 Å². The van der Waals surface area contributed by atoms with Crippen molar-refractivity contribution >= 4 is 17.1 Å². The normalized spacial score (nSPS) is 10.2. The summed E-state index contributed by atoms with van der Waals surface area (Å²) >= 11 is 0. The van der Waals surface area contributed by atoms with Gasteiger partial charge < -0.3 is 15.4 Å². The van der Waals surface area contributed by atoms with Gasteiger partial charge >= 0.3 is 0 Å². The molecule has 0 fully saturated rings. The van der Waals surface area contributed by atoms with Gasteiger partial charge in [-0.15, -0.1) is 0 Å². The number of halogens is 1. The molecule has 2 N–H and O–H groups in total. The molecule has 0 saturated heterocycles. The highest BCUT2D eigenvalue weighted by Gasteiger charge is 2.10. The SMILES string of the molecule is COc1cc(N(C)c2ccccc2F)ccc1N. The number of methoxy groups -OCH3 is 1. The van der Waals surface area contributed by atoms with Gasteiger partial charge in [0, 0.05) is 18.8 Å². The second-order valence-electron chi connectivity index (χ2n) is 3.94. The molecule has 2 aromatic carbocycles. The minimum Gasteiger partial charge on any atom is -0.495 e. The van der Waals surface area contributed by atoms with E-state index in [0.717, 1.165) is 5.69 Å². The minimum atomic E-state index is -0.268. The Morgan fingerprint density at radius 2 is 1.89 bits per heavy atom. The van der Waals surface area contributed by atoms with E-state index in [4.69, 9.17) is 10.5 Å². The van der Waals surface area contributed by atoms with Crippen molar-refractivity contribution in [3.05, 3.63) is 48.3 Å². The van der Waals surface area contributed by atoms with Gasteiger partial charge in [0.25, 0.3) is 0 Å². The lowest BCUT2D eigenvalue weighted by atomic mass is 10.2. The smallest absolute Gasteiger partial charge is 0.146 e. The number of nitrogen functional groups attached to an aromatic ring is 1. The third kappa shape index (κ3) is 2.22. The van der Waals surface area contributed by atoms with Gasteiger partial charge in [0.15, 0.2) is 0 Å². The van der Waals surface area contributed by atoms with Crippen molar-refractivity contribution in [3.63, 3.8) is 0 Å². The molecule has 0 bridgehead atoms. The predicted molar refractivity (Wildman–Crippen MR) is 71.9 cm³/mol. The Morgan fingerprint density at radius 3 is 2.56 bits per heavy atom. The van der Waals surface area contributed by atoms with Crippen LogP contribution in [0.1, 0.15) is 0 Å². The summed E-state index contributed by atoms with van der Waals surface area (Å²) in [6.07, 6.45) is 0. The van der Waals surface area contributed by atoms with Crippen LogP contribution in [-0.2, 0) is 0 Å². The van der Waals surface area contributed by atoms with E-state index >= 15 is 0 Å². The van der Waals surface area contributed by atoms with Crippen LogP contribution >= 0.6 is 0 Å². The van der Waals surface area contributed by atoms with Gasteiger partial charge in [-0.2, -0.15) is 0 Å². The van der Waals surface area contributed by atoms with E-state index < -0.39 is 0 Å². The van der Waals surface area contributed by atoms with Crippen LogP contribution in [0.3, 0.4) is 0 Å². The molecule has 4 heteroatoms. The third-order valence-corrected chi connectivity index (χ3v) is 2.82. The Kier molecular flexibility index (Phi) is 3.37. The van der Waals surface area contributed by atoms with Gasteiger partial charge in [0.1, 0.15) is 11.6 Å². The second kappa shape index (κ2) is 4.96. The molecule has 0 heterocycles. The average molecular weight is 246 g/mol. The van der Waals surface area contributed by atoms with Crippen LogP contribution in [0.25, 0.3) is 0 Å². The van der Waals surface area contributed by atoms with Gasteiger partial charge in [0.05, 0.1) is 18.5 Å². The van der Waals surface area contributed by atoms with E-state index in [1.807, 2.05) is 6.07 Å². The monoisotopic (exact) mass is 246 g/mol. The summed E-state index contributed by atoms with van der Waals surface area (Å²) in [6.45, 7) is 0. The Hall–Kier alpha value is -2.23. The number of para-hydroxylation sites is 1. The van der Waals surface area contributed by atoms with Crippen molar-refractivity contribution in [2.75, 3.05) is 24.8 Å². The zero-order chi connectivity index (χ0) is 13.1. The molecule has 3 nitrogen and oxygen atoms in total. The fourth-order valence-corrected chi connectivity index (χ4v) is 1.77. The quantitative estimate of drug-likeness (QED) is 0.845. The third-order valence-electron chi connectivity index (χ3n) is 2.82. The van der Waals surface area contributed by atoms with E-state index in [0.29, 0.717) is 17.1 Å². The first-order valence-corrected chi connectivity index (χ1v) is 5.55. The maximum absolute atomic E-state index is 13.7. The lowest BCUT2D eigenvalue weighted by Gasteiger charge is -2.21. The molecule has 0 unspecified atom stereocenters. The van der Waals surface area contributed by atoms with Gasteiger partial charge in [-0.05, 0) is 24.3 Å². The van der Waals surface area contributed by atoms with Crippen molar-refractivity contribution in [1.29, 1.82) is 0 Å². The molecule has 0 aliphatic carbocycles. The number of nitrogens with two attached hydrogens (primary N) is 1. The first kappa shape index (κ1) is 12.2. The van der Waals surface area contributed by atoms with Crippen molar-refractivity contribution < 1.29 is 9.13 Å². The lowest BCUT2D eigenvalue weighted by Crippen LogP contribution is -2.11. The van der Waals surface area contributed by atoms with E-state index in [1.165, 1.54) is 6.07 Å². The number of hydrogen-bond acceptors (Lipinski definition) is 3. The summed E-state index contributed by atoms with van der Waals surface area (Å²) in [4.78, 5) is 1.75. The molecule has 0 atom stereocenters.